The highest BCUT2D eigenvalue weighted by Gasteiger charge is 2.23. The fraction of sp³-hybridized carbons (Fsp3) is 0.400. The second-order valence-electron chi connectivity index (χ2n) is 2.72. The molecule has 5 heteroatoms. The average Bonchev–Trinajstić information content (AvgIpc) is 2.27. The van der Waals surface area contributed by atoms with Crippen LogP contribution in [-0.4, -0.2) is 24.5 Å². The average molecular weight is 212 g/mol. The molecule has 1 aromatic heterocycles. The van der Waals surface area contributed by atoms with E-state index in [1.54, 1.807) is 7.05 Å². The van der Waals surface area contributed by atoms with E-state index in [0.717, 1.165) is 6.20 Å². The molecule has 0 atom stereocenters. The Bertz CT molecular complexity index is 368. The van der Waals surface area contributed by atoms with Crippen LogP contribution in [0.3, 0.4) is 0 Å². The van der Waals surface area contributed by atoms with Crippen molar-refractivity contribution in [2.75, 3.05) is 18.6 Å². The summed E-state index contributed by atoms with van der Waals surface area (Å²) in [6, 6.07) is 1.22. The minimum atomic E-state index is -0.483. The summed E-state index contributed by atoms with van der Waals surface area (Å²) < 4.78 is 17.7. The van der Waals surface area contributed by atoms with Crippen molar-refractivity contribution in [3.63, 3.8) is 0 Å². The summed E-state index contributed by atoms with van der Waals surface area (Å²) in [7, 11) is 1.56. The van der Waals surface area contributed by atoms with Crippen molar-refractivity contribution in [2.24, 2.45) is 0 Å². The molecule has 1 aliphatic rings. The Morgan fingerprint density at radius 3 is 2.87 bits per heavy atom. The third kappa shape index (κ3) is 2.23. The molecule has 15 heavy (non-hydrogen) atoms. The first-order chi connectivity index (χ1) is 7.18. The predicted octanol–water partition coefficient (Wildman–Crippen LogP) is 1.60. The van der Waals surface area contributed by atoms with Gasteiger partial charge in [0.15, 0.2) is 6.61 Å². The Morgan fingerprint density at radius 2 is 2.20 bits per heavy atom. The van der Waals surface area contributed by atoms with E-state index in [4.69, 9.17) is 4.74 Å². The van der Waals surface area contributed by atoms with Crippen molar-refractivity contribution in [1.29, 1.82) is 0 Å². The summed E-state index contributed by atoms with van der Waals surface area (Å²) in [5.74, 6) is -0.396. The fourth-order valence-corrected chi connectivity index (χ4v) is 1.13. The van der Waals surface area contributed by atoms with Gasteiger partial charge in [0, 0.05) is 13.1 Å². The number of pyridine rings is 1. The standard InChI is InChI=1S/C8H7FN2O2.C2H6/c1-11-6-2-5(9)3-10-8(6)13-4-7(11)12;1-2/h2-3H,4H2,1H3;1-2H3. The zero-order valence-corrected chi connectivity index (χ0v) is 8.95. The summed E-state index contributed by atoms with van der Waals surface area (Å²) >= 11 is 0. The maximum Gasteiger partial charge on any atom is 0.264 e. The van der Waals surface area contributed by atoms with E-state index >= 15 is 0 Å². The molecule has 0 aliphatic carbocycles. The quantitative estimate of drug-likeness (QED) is 0.656. The van der Waals surface area contributed by atoms with Crippen LogP contribution in [0, 0.1) is 5.82 Å². The third-order valence-corrected chi connectivity index (χ3v) is 1.87. The van der Waals surface area contributed by atoms with E-state index in [2.05, 4.69) is 4.98 Å². The molecule has 0 radical (unpaired) electrons. The summed E-state index contributed by atoms with van der Waals surface area (Å²) in [6.45, 7) is 3.96. The molecule has 82 valence electrons. The number of rotatable bonds is 0. The van der Waals surface area contributed by atoms with Crippen LogP contribution in [-0.2, 0) is 4.79 Å². The first kappa shape index (κ1) is 11.4. The molecule has 0 spiro atoms. The Kier molecular flexibility index (Phi) is 3.60. The lowest BCUT2D eigenvalue weighted by Gasteiger charge is -2.24. The number of ether oxygens (including phenoxy) is 1. The van der Waals surface area contributed by atoms with Gasteiger partial charge in [0.25, 0.3) is 5.91 Å². The number of halogens is 1. The maximum atomic E-state index is 12.7. The van der Waals surface area contributed by atoms with Gasteiger partial charge in [0.1, 0.15) is 11.5 Å². The molecule has 2 rings (SSSR count). The van der Waals surface area contributed by atoms with Gasteiger partial charge in [-0.05, 0) is 0 Å². The molecule has 1 aromatic rings. The van der Waals surface area contributed by atoms with Gasteiger partial charge in [-0.2, -0.15) is 0 Å². The zero-order chi connectivity index (χ0) is 11.4. The monoisotopic (exact) mass is 212 g/mol. The molecule has 1 aliphatic heterocycles. The topological polar surface area (TPSA) is 42.4 Å². The van der Waals surface area contributed by atoms with Crippen molar-refractivity contribution >= 4 is 11.6 Å². The number of likely N-dealkylation sites (N-methyl/N-ethyl adjacent to an activating group) is 1. The molecule has 0 bridgehead atoms. The van der Waals surface area contributed by atoms with Crippen LogP contribution in [0.5, 0.6) is 5.88 Å². The van der Waals surface area contributed by atoms with Crippen LogP contribution in [0.15, 0.2) is 12.3 Å². The van der Waals surface area contributed by atoms with Gasteiger partial charge >= 0.3 is 0 Å². The molecular formula is C10H13FN2O2. The van der Waals surface area contributed by atoms with Gasteiger partial charge in [-0.3, -0.25) is 4.79 Å². The van der Waals surface area contributed by atoms with Crippen molar-refractivity contribution in [3.05, 3.63) is 18.1 Å². The van der Waals surface area contributed by atoms with Gasteiger partial charge in [-0.15, -0.1) is 0 Å². The molecule has 0 aromatic carbocycles. The van der Waals surface area contributed by atoms with E-state index in [9.17, 15) is 9.18 Å². The second kappa shape index (κ2) is 4.72. The maximum absolute atomic E-state index is 12.7. The lowest BCUT2D eigenvalue weighted by molar-refractivity contribution is -0.121. The number of amides is 1. The van der Waals surface area contributed by atoms with Crippen LogP contribution in [0.1, 0.15) is 13.8 Å². The van der Waals surface area contributed by atoms with Crippen LogP contribution in [0.25, 0.3) is 0 Å². The summed E-state index contributed by atoms with van der Waals surface area (Å²) in [5.41, 5.74) is 0.372. The van der Waals surface area contributed by atoms with Crippen LogP contribution in [0.4, 0.5) is 10.1 Å². The molecular weight excluding hydrogens is 199 g/mol. The summed E-state index contributed by atoms with van der Waals surface area (Å²) in [6.07, 6.45) is 1.06. The number of hydrogen-bond acceptors (Lipinski definition) is 3. The molecule has 1 amide bonds. The van der Waals surface area contributed by atoms with E-state index < -0.39 is 5.82 Å². The van der Waals surface area contributed by atoms with Crippen LogP contribution in [0.2, 0.25) is 0 Å². The third-order valence-electron chi connectivity index (χ3n) is 1.87. The molecule has 4 nitrogen and oxygen atoms in total. The van der Waals surface area contributed by atoms with Crippen molar-refractivity contribution < 1.29 is 13.9 Å². The zero-order valence-electron chi connectivity index (χ0n) is 8.95. The Balaban J connectivity index is 0.000000531. The van der Waals surface area contributed by atoms with Gasteiger partial charge in [0.2, 0.25) is 5.88 Å². The molecule has 0 saturated carbocycles. The molecule has 2 heterocycles. The molecule has 0 unspecified atom stereocenters. The van der Waals surface area contributed by atoms with Crippen LogP contribution < -0.4 is 9.64 Å². The minimum Gasteiger partial charge on any atom is -0.466 e. The molecule has 0 saturated heterocycles. The molecule has 0 N–H and O–H groups in total. The smallest absolute Gasteiger partial charge is 0.264 e. The number of carbonyl (C=O) groups is 1. The number of anilines is 1. The summed E-state index contributed by atoms with van der Waals surface area (Å²) in [4.78, 5) is 16.2. The van der Waals surface area contributed by atoms with E-state index in [0.29, 0.717) is 11.6 Å². The Hall–Kier alpha value is -1.65. The Labute approximate surface area is 87.7 Å². The van der Waals surface area contributed by atoms with Gasteiger partial charge in [0.05, 0.1) is 6.20 Å². The number of hydrogen-bond donors (Lipinski definition) is 0. The van der Waals surface area contributed by atoms with Crippen molar-refractivity contribution in [2.45, 2.75) is 13.8 Å². The number of carbonyl (C=O) groups excluding carboxylic acids is 1. The number of aromatic nitrogens is 1. The van der Waals surface area contributed by atoms with Crippen LogP contribution >= 0.6 is 0 Å². The van der Waals surface area contributed by atoms with E-state index in [-0.39, 0.29) is 12.5 Å². The lowest BCUT2D eigenvalue weighted by Crippen LogP contribution is -2.35. The summed E-state index contributed by atoms with van der Waals surface area (Å²) in [5, 5.41) is 0. The SMILES string of the molecule is CC.CN1C(=O)COc2ncc(F)cc21. The first-order valence-electron chi connectivity index (χ1n) is 4.73. The Morgan fingerprint density at radius 1 is 1.53 bits per heavy atom. The fourth-order valence-electron chi connectivity index (χ4n) is 1.13. The van der Waals surface area contributed by atoms with Crippen molar-refractivity contribution in [1.82, 2.24) is 4.98 Å². The van der Waals surface area contributed by atoms with E-state index in [1.807, 2.05) is 13.8 Å². The normalized spacial score (nSPS) is 13.6. The highest BCUT2D eigenvalue weighted by Crippen LogP contribution is 2.28. The highest BCUT2D eigenvalue weighted by molar-refractivity contribution is 5.96. The second-order valence-corrected chi connectivity index (χ2v) is 2.72. The number of fused-ring (bicyclic) bond motifs is 1. The highest BCUT2D eigenvalue weighted by atomic mass is 19.1. The van der Waals surface area contributed by atoms with Crippen molar-refractivity contribution in [3.8, 4) is 5.88 Å². The van der Waals surface area contributed by atoms with Gasteiger partial charge in [-0.1, -0.05) is 13.8 Å². The lowest BCUT2D eigenvalue weighted by atomic mass is 10.3. The number of nitrogens with zero attached hydrogens (tertiary/aromatic N) is 2. The predicted molar refractivity (Wildman–Crippen MR) is 54.4 cm³/mol. The first-order valence-corrected chi connectivity index (χ1v) is 4.73. The van der Waals surface area contributed by atoms with Gasteiger partial charge in [-0.25, -0.2) is 9.37 Å². The van der Waals surface area contributed by atoms with E-state index in [1.165, 1.54) is 11.0 Å². The van der Waals surface area contributed by atoms with Gasteiger partial charge < -0.3 is 9.64 Å². The minimum absolute atomic E-state index is 0.0396. The largest absolute Gasteiger partial charge is 0.466 e. The molecule has 0 fully saturated rings.